The fourth-order valence-electron chi connectivity index (χ4n) is 2.97. The van der Waals surface area contributed by atoms with Gasteiger partial charge in [0.1, 0.15) is 0 Å². The summed E-state index contributed by atoms with van der Waals surface area (Å²) < 4.78 is 0. The van der Waals surface area contributed by atoms with Crippen molar-refractivity contribution in [3.8, 4) is 0 Å². The van der Waals surface area contributed by atoms with Gasteiger partial charge in [0, 0.05) is 23.8 Å². The van der Waals surface area contributed by atoms with Crippen molar-refractivity contribution >= 4 is 11.7 Å². The lowest BCUT2D eigenvalue weighted by molar-refractivity contribution is -0.117. The van der Waals surface area contributed by atoms with E-state index in [2.05, 4.69) is 17.6 Å². The van der Waals surface area contributed by atoms with Crippen molar-refractivity contribution in [1.29, 1.82) is 0 Å². The molecule has 4 nitrogen and oxygen atoms in total. The molecular formula is C21H22N2O2. The second kappa shape index (κ2) is 7.79. The quantitative estimate of drug-likeness (QED) is 0.910. The smallest absolute Gasteiger partial charge is 0.269 e. The maximum atomic E-state index is 12.5. The molecule has 1 N–H and O–H groups in total. The summed E-state index contributed by atoms with van der Waals surface area (Å²) in [5.74, 6) is -0.0213. The van der Waals surface area contributed by atoms with Crippen LogP contribution in [-0.4, -0.2) is 22.7 Å². The van der Waals surface area contributed by atoms with Crippen molar-refractivity contribution < 1.29 is 9.59 Å². The molecule has 0 bridgehead atoms. The van der Waals surface area contributed by atoms with Gasteiger partial charge in [-0.05, 0) is 37.5 Å². The Hall–Kier alpha value is -2.88. The van der Waals surface area contributed by atoms with Gasteiger partial charge < -0.3 is 0 Å². The molecule has 1 unspecified atom stereocenters. The Bertz CT molecular complexity index is 769. The lowest BCUT2D eigenvalue weighted by atomic mass is 9.96. The molecule has 0 saturated carbocycles. The van der Waals surface area contributed by atoms with Gasteiger partial charge in [-0.25, -0.2) is 0 Å². The summed E-state index contributed by atoms with van der Waals surface area (Å²) in [4.78, 5) is 24.6. The van der Waals surface area contributed by atoms with E-state index in [0.717, 1.165) is 12.8 Å². The van der Waals surface area contributed by atoms with Crippen LogP contribution in [0.4, 0.5) is 0 Å². The molecular weight excluding hydrogens is 312 g/mol. The lowest BCUT2D eigenvalue weighted by Crippen LogP contribution is -2.48. The van der Waals surface area contributed by atoms with E-state index in [1.54, 1.807) is 30.3 Å². The predicted octanol–water partition coefficient (Wildman–Crippen LogP) is 3.51. The van der Waals surface area contributed by atoms with Crippen molar-refractivity contribution in [2.75, 3.05) is 0 Å². The number of ketones is 1. The number of carbonyl (C=O) groups excluding carboxylic acids is 2. The first-order valence-electron chi connectivity index (χ1n) is 8.53. The fraction of sp³-hybridized carbons (Fsp3) is 0.238. The van der Waals surface area contributed by atoms with E-state index in [9.17, 15) is 9.59 Å². The second-order valence-corrected chi connectivity index (χ2v) is 6.33. The van der Waals surface area contributed by atoms with Crippen molar-refractivity contribution in [2.24, 2.45) is 0 Å². The molecule has 1 atom stereocenters. The molecule has 1 heterocycles. The molecule has 1 amide bonds. The second-order valence-electron chi connectivity index (χ2n) is 6.33. The number of rotatable bonds is 5. The van der Waals surface area contributed by atoms with Gasteiger partial charge in [0.25, 0.3) is 5.91 Å². The molecule has 0 radical (unpaired) electrons. The molecule has 1 aliphatic heterocycles. The summed E-state index contributed by atoms with van der Waals surface area (Å²) in [6.45, 7) is 1.79. The van der Waals surface area contributed by atoms with Gasteiger partial charge in [0.2, 0.25) is 0 Å². The molecule has 25 heavy (non-hydrogen) atoms. The summed E-state index contributed by atoms with van der Waals surface area (Å²) in [7, 11) is 0. The summed E-state index contributed by atoms with van der Waals surface area (Å²) in [5, 5.41) is 1.80. The topological polar surface area (TPSA) is 49.4 Å². The van der Waals surface area contributed by atoms with Crippen LogP contribution in [0.1, 0.15) is 35.7 Å². The number of hydrazine groups is 1. The zero-order valence-electron chi connectivity index (χ0n) is 14.3. The van der Waals surface area contributed by atoms with Gasteiger partial charge in [0.05, 0.1) is 6.04 Å². The number of aryl methyl sites for hydroxylation is 1. The maximum Gasteiger partial charge on any atom is 0.269 e. The Morgan fingerprint density at radius 1 is 1.08 bits per heavy atom. The van der Waals surface area contributed by atoms with Gasteiger partial charge in [-0.15, -0.1) is 0 Å². The molecule has 4 heteroatoms. The third-order valence-electron chi connectivity index (χ3n) is 4.46. The molecule has 1 aliphatic rings. The third-order valence-corrected chi connectivity index (χ3v) is 4.46. The van der Waals surface area contributed by atoms with Gasteiger partial charge in [-0.1, -0.05) is 48.5 Å². The van der Waals surface area contributed by atoms with Crippen molar-refractivity contribution in [1.82, 2.24) is 10.4 Å². The Kier molecular flexibility index (Phi) is 5.29. The number of Topliss-reactive ketones (excluding diaryl/α,β-unsaturated/α-hetero) is 1. The van der Waals surface area contributed by atoms with Crippen molar-refractivity contribution in [3.05, 3.63) is 83.6 Å². The van der Waals surface area contributed by atoms with E-state index in [-0.39, 0.29) is 17.7 Å². The Morgan fingerprint density at radius 2 is 1.72 bits per heavy atom. The van der Waals surface area contributed by atoms with E-state index in [4.69, 9.17) is 0 Å². The maximum absolute atomic E-state index is 12.5. The minimum atomic E-state index is -0.163. The monoisotopic (exact) mass is 334 g/mol. The first-order valence-corrected chi connectivity index (χ1v) is 8.53. The molecule has 0 aliphatic carbocycles. The normalized spacial score (nSPS) is 17.2. The molecule has 0 saturated heterocycles. The standard InChI is InChI=1S/C21H22N2O2/c1-16-15-23(22-21(25)18-10-6-3-7-11-18)19(14-20(16)24)13-12-17-8-4-2-5-9-17/h2-11,15,19H,12-14H2,1H3,(H,22,25). The number of allylic oxidation sites excluding steroid dienone is 1. The summed E-state index contributed by atoms with van der Waals surface area (Å²) in [5.41, 5.74) is 5.44. The van der Waals surface area contributed by atoms with E-state index < -0.39 is 0 Å². The molecule has 2 aromatic rings. The minimum absolute atomic E-state index is 0.0379. The zero-order chi connectivity index (χ0) is 17.6. The number of nitrogens with one attached hydrogen (secondary N) is 1. The molecule has 0 aromatic heterocycles. The van der Waals surface area contributed by atoms with Crippen LogP contribution in [-0.2, 0) is 11.2 Å². The summed E-state index contributed by atoms with van der Waals surface area (Å²) >= 11 is 0. The fourth-order valence-corrected chi connectivity index (χ4v) is 2.97. The predicted molar refractivity (Wildman–Crippen MR) is 97.7 cm³/mol. The highest BCUT2D eigenvalue weighted by molar-refractivity contribution is 5.97. The minimum Gasteiger partial charge on any atom is -0.294 e. The first-order chi connectivity index (χ1) is 12.1. The molecule has 0 spiro atoms. The van der Waals surface area contributed by atoms with Gasteiger partial charge in [0.15, 0.2) is 5.78 Å². The van der Waals surface area contributed by atoms with Gasteiger partial charge in [-0.3, -0.25) is 20.0 Å². The van der Waals surface area contributed by atoms with E-state index >= 15 is 0 Å². The molecule has 128 valence electrons. The number of carbonyl (C=O) groups is 2. The number of nitrogens with zero attached hydrogens (tertiary/aromatic N) is 1. The lowest BCUT2D eigenvalue weighted by Gasteiger charge is -2.34. The highest BCUT2D eigenvalue weighted by Gasteiger charge is 2.27. The number of benzene rings is 2. The first kappa shape index (κ1) is 17.0. The van der Waals surface area contributed by atoms with Crippen LogP contribution in [0, 0.1) is 0 Å². The van der Waals surface area contributed by atoms with Crippen LogP contribution in [0.15, 0.2) is 72.4 Å². The van der Waals surface area contributed by atoms with Gasteiger partial charge >= 0.3 is 0 Å². The number of hydrogen-bond acceptors (Lipinski definition) is 3. The number of hydrogen-bond donors (Lipinski definition) is 1. The van der Waals surface area contributed by atoms with E-state index in [1.165, 1.54) is 5.56 Å². The van der Waals surface area contributed by atoms with Crippen molar-refractivity contribution in [3.63, 3.8) is 0 Å². The molecule has 0 fully saturated rings. The van der Waals surface area contributed by atoms with Crippen LogP contribution in [0.2, 0.25) is 0 Å². The molecule has 3 rings (SSSR count). The Morgan fingerprint density at radius 3 is 2.40 bits per heavy atom. The molecule has 2 aromatic carbocycles. The largest absolute Gasteiger partial charge is 0.294 e. The highest BCUT2D eigenvalue weighted by atomic mass is 16.2. The average molecular weight is 334 g/mol. The average Bonchev–Trinajstić information content (AvgIpc) is 2.65. The van der Waals surface area contributed by atoms with E-state index in [1.807, 2.05) is 36.4 Å². The van der Waals surface area contributed by atoms with Crippen LogP contribution in [0.5, 0.6) is 0 Å². The van der Waals surface area contributed by atoms with Crippen LogP contribution in [0.25, 0.3) is 0 Å². The van der Waals surface area contributed by atoms with E-state index in [0.29, 0.717) is 17.6 Å². The summed E-state index contributed by atoms with van der Waals surface area (Å²) in [6.07, 6.45) is 3.84. The van der Waals surface area contributed by atoms with Gasteiger partial charge in [-0.2, -0.15) is 0 Å². The Balaban J connectivity index is 1.71. The Labute approximate surface area is 148 Å². The highest BCUT2D eigenvalue weighted by Crippen LogP contribution is 2.20. The van der Waals surface area contributed by atoms with Crippen LogP contribution >= 0.6 is 0 Å². The van der Waals surface area contributed by atoms with Crippen molar-refractivity contribution in [2.45, 2.75) is 32.2 Å². The number of amides is 1. The SMILES string of the molecule is CC1=CN(NC(=O)c2ccccc2)C(CCc2ccccc2)CC1=O. The third kappa shape index (κ3) is 4.35. The van der Waals surface area contributed by atoms with Crippen LogP contribution in [0.3, 0.4) is 0 Å². The summed E-state index contributed by atoms with van der Waals surface area (Å²) in [6, 6.07) is 19.3. The van der Waals surface area contributed by atoms with Crippen LogP contribution < -0.4 is 5.43 Å². The zero-order valence-corrected chi connectivity index (χ0v) is 14.3.